The van der Waals surface area contributed by atoms with E-state index >= 15 is 0 Å². The molecule has 0 spiro atoms. The standard InChI is InChI=1S/C23H16N2/c1-2-10-18(11-3-1)23-24-20-14-6-7-15-22(20)25(23)21-16-8-12-17-9-4-5-13-19(17)21/h1-16H. The summed E-state index contributed by atoms with van der Waals surface area (Å²) in [5.41, 5.74) is 4.41. The Bertz CT molecular complexity index is 1180. The molecule has 25 heavy (non-hydrogen) atoms. The van der Waals surface area contributed by atoms with E-state index in [4.69, 9.17) is 4.98 Å². The maximum atomic E-state index is 4.93. The van der Waals surface area contributed by atoms with Gasteiger partial charge >= 0.3 is 0 Å². The maximum Gasteiger partial charge on any atom is 0.145 e. The van der Waals surface area contributed by atoms with Crippen molar-refractivity contribution in [1.82, 2.24) is 9.55 Å². The molecule has 1 heterocycles. The van der Waals surface area contributed by atoms with Crippen LogP contribution in [0.2, 0.25) is 0 Å². The van der Waals surface area contributed by atoms with Gasteiger partial charge in [-0.1, -0.05) is 78.9 Å². The van der Waals surface area contributed by atoms with Gasteiger partial charge in [0.15, 0.2) is 0 Å². The molecule has 0 saturated carbocycles. The van der Waals surface area contributed by atoms with Crippen LogP contribution in [0.25, 0.3) is 38.9 Å². The highest BCUT2D eigenvalue weighted by Gasteiger charge is 2.15. The Morgan fingerprint density at radius 2 is 1.32 bits per heavy atom. The molecule has 0 fully saturated rings. The van der Waals surface area contributed by atoms with E-state index in [0.717, 1.165) is 28.1 Å². The maximum absolute atomic E-state index is 4.93. The Hall–Kier alpha value is -3.39. The molecule has 0 amide bonds. The minimum absolute atomic E-state index is 0.971. The summed E-state index contributed by atoms with van der Waals surface area (Å²) in [6, 6.07) is 33.6. The number of benzene rings is 4. The number of fused-ring (bicyclic) bond motifs is 2. The molecule has 0 atom stereocenters. The molecule has 0 bridgehead atoms. The topological polar surface area (TPSA) is 17.8 Å². The largest absolute Gasteiger partial charge is 0.292 e. The minimum Gasteiger partial charge on any atom is -0.292 e. The van der Waals surface area contributed by atoms with Crippen LogP contribution in [0.5, 0.6) is 0 Å². The van der Waals surface area contributed by atoms with E-state index in [0.29, 0.717) is 0 Å². The molecule has 0 radical (unpaired) electrons. The van der Waals surface area contributed by atoms with Crippen LogP contribution < -0.4 is 0 Å². The minimum atomic E-state index is 0.971. The van der Waals surface area contributed by atoms with Crippen LogP contribution in [-0.2, 0) is 0 Å². The average Bonchev–Trinajstić information content (AvgIpc) is 3.08. The van der Waals surface area contributed by atoms with Gasteiger partial charge in [0.2, 0.25) is 0 Å². The summed E-state index contributed by atoms with van der Waals surface area (Å²) in [5.74, 6) is 0.971. The molecular weight excluding hydrogens is 304 g/mol. The van der Waals surface area contributed by atoms with E-state index in [9.17, 15) is 0 Å². The second-order valence-electron chi connectivity index (χ2n) is 6.12. The molecule has 0 aliphatic rings. The summed E-state index contributed by atoms with van der Waals surface area (Å²) >= 11 is 0. The first-order chi connectivity index (χ1) is 12.4. The second kappa shape index (κ2) is 5.60. The third kappa shape index (κ3) is 2.23. The first-order valence-corrected chi connectivity index (χ1v) is 8.43. The fraction of sp³-hybridized carbons (Fsp3) is 0. The number of hydrogen-bond donors (Lipinski definition) is 0. The van der Waals surface area contributed by atoms with Crippen molar-refractivity contribution in [2.24, 2.45) is 0 Å². The molecule has 118 valence electrons. The third-order valence-electron chi connectivity index (χ3n) is 4.60. The highest BCUT2D eigenvalue weighted by molar-refractivity contribution is 5.94. The Kier molecular flexibility index (Phi) is 3.14. The second-order valence-corrected chi connectivity index (χ2v) is 6.12. The lowest BCUT2D eigenvalue weighted by Gasteiger charge is -2.12. The average molecular weight is 320 g/mol. The van der Waals surface area contributed by atoms with Gasteiger partial charge in [-0.05, 0) is 23.6 Å². The molecule has 0 aliphatic carbocycles. The Morgan fingerprint density at radius 3 is 2.24 bits per heavy atom. The molecule has 4 aromatic carbocycles. The summed E-state index contributed by atoms with van der Waals surface area (Å²) in [6.45, 7) is 0. The van der Waals surface area contributed by atoms with Crippen molar-refractivity contribution < 1.29 is 0 Å². The summed E-state index contributed by atoms with van der Waals surface area (Å²) in [5, 5.41) is 2.46. The molecule has 2 heteroatoms. The summed E-state index contributed by atoms with van der Waals surface area (Å²) in [7, 11) is 0. The summed E-state index contributed by atoms with van der Waals surface area (Å²) in [6.07, 6.45) is 0. The monoisotopic (exact) mass is 320 g/mol. The lowest BCUT2D eigenvalue weighted by atomic mass is 10.1. The van der Waals surface area contributed by atoms with Crippen LogP contribution in [0.15, 0.2) is 97.1 Å². The van der Waals surface area contributed by atoms with Crippen molar-refractivity contribution >= 4 is 21.8 Å². The Balaban J connectivity index is 1.92. The van der Waals surface area contributed by atoms with Gasteiger partial charge in [-0.2, -0.15) is 0 Å². The van der Waals surface area contributed by atoms with Crippen molar-refractivity contribution in [1.29, 1.82) is 0 Å². The Morgan fingerprint density at radius 1 is 0.600 bits per heavy atom. The van der Waals surface area contributed by atoms with Crippen molar-refractivity contribution in [3.63, 3.8) is 0 Å². The quantitative estimate of drug-likeness (QED) is 0.399. The van der Waals surface area contributed by atoms with Crippen LogP contribution in [0.3, 0.4) is 0 Å². The number of aromatic nitrogens is 2. The summed E-state index contributed by atoms with van der Waals surface area (Å²) < 4.78 is 2.27. The lowest BCUT2D eigenvalue weighted by Crippen LogP contribution is -1.98. The molecule has 0 unspecified atom stereocenters. The molecule has 0 saturated heterocycles. The molecule has 5 aromatic rings. The first kappa shape index (κ1) is 14.0. The zero-order valence-corrected chi connectivity index (χ0v) is 13.6. The molecule has 2 nitrogen and oxygen atoms in total. The van der Waals surface area contributed by atoms with Crippen LogP contribution in [0, 0.1) is 0 Å². The highest BCUT2D eigenvalue weighted by atomic mass is 15.1. The number of hydrogen-bond acceptors (Lipinski definition) is 1. The number of rotatable bonds is 2. The number of para-hydroxylation sites is 2. The number of imidazole rings is 1. The molecular formula is C23H16N2. The van der Waals surface area contributed by atoms with E-state index in [1.54, 1.807) is 0 Å². The fourth-order valence-corrected chi connectivity index (χ4v) is 3.45. The van der Waals surface area contributed by atoms with Crippen molar-refractivity contribution in [2.45, 2.75) is 0 Å². The van der Waals surface area contributed by atoms with Crippen LogP contribution in [-0.4, -0.2) is 9.55 Å². The van der Waals surface area contributed by atoms with Gasteiger partial charge in [-0.25, -0.2) is 4.98 Å². The number of nitrogens with zero attached hydrogens (tertiary/aromatic N) is 2. The summed E-state index contributed by atoms with van der Waals surface area (Å²) in [4.78, 5) is 4.93. The fourth-order valence-electron chi connectivity index (χ4n) is 3.45. The Labute approximate surface area is 146 Å². The molecule has 0 aliphatic heterocycles. The van der Waals surface area contributed by atoms with E-state index in [1.165, 1.54) is 10.8 Å². The zero-order chi connectivity index (χ0) is 16.6. The molecule has 1 aromatic heterocycles. The van der Waals surface area contributed by atoms with Gasteiger partial charge in [0.25, 0.3) is 0 Å². The van der Waals surface area contributed by atoms with Gasteiger partial charge in [-0.3, -0.25) is 4.57 Å². The van der Waals surface area contributed by atoms with Crippen LogP contribution >= 0.6 is 0 Å². The smallest absolute Gasteiger partial charge is 0.145 e. The van der Waals surface area contributed by atoms with E-state index in [1.807, 2.05) is 12.1 Å². The molecule has 0 N–H and O–H groups in total. The van der Waals surface area contributed by atoms with E-state index in [-0.39, 0.29) is 0 Å². The van der Waals surface area contributed by atoms with Crippen molar-refractivity contribution in [2.75, 3.05) is 0 Å². The van der Waals surface area contributed by atoms with Gasteiger partial charge in [0.05, 0.1) is 16.7 Å². The van der Waals surface area contributed by atoms with Gasteiger partial charge in [0.1, 0.15) is 5.82 Å². The van der Waals surface area contributed by atoms with Gasteiger partial charge < -0.3 is 0 Å². The lowest BCUT2D eigenvalue weighted by molar-refractivity contribution is 1.11. The van der Waals surface area contributed by atoms with Crippen molar-refractivity contribution in [3.8, 4) is 17.1 Å². The van der Waals surface area contributed by atoms with Crippen LogP contribution in [0.4, 0.5) is 0 Å². The normalized spacial score (nSPS) is 11.2. The predicted molar refractivity (Wildman–Crippen MR) is 104 cm³/mol. The third-order valence-corrected chi connectivity index (χ3v) is 4.60. The van der Waals surface area contributed by atoms with Gasteiger partial charge in [0, 0.05) is 10.9 Å². The van der Waals surface area contributed by atoms with Crippen LogP contribution in [0.1, 0.15) is 0 Å². The van der Waals surface area contributed by atoms with Crippen molar-refractivity contribution in [3.05, 3.63) is 97.1 Å². The van der Waals surface area contributed by atoms with Gasteiger partial charge in [-0.15, -0.1) is 0 Å². The zero-order valence-electron chi connectivity index (χ0n) is 13.6. The molecule has 5 rings (SSSR count). The highest BCUT2D eigenvalue weighted by Crippen LogP contribution is 2.31. The first-order valence-electron chi connectivity index (χ1n) is 8.43. The van der Waals surface area contributed by atoms with E-state index in [2.05, 4.69) is 89.5 Å². The SMILES string of the molecule is c1ccc(-c2nc3ccccc3n2-c2cccc3ccccc23)cc1. The predicted octanol–water partition coefficient (Wildman–Crippen LogP) is 5.85. The van der Waals surface area contributed by atoms with E-state index < -0.39 is 0 Å².